The van der Waals surface area contributed by atoms with Crippen LogP contribution < -0.4 is 5.32 Å². The number of carbonyl (C=O) groups is 1. The van der Waals surface area contributed by atoms with Gasteiger partial charge in [0.1, 0.15) is 0 Å². The minimum Gasteiger partial charge on any atom is -0.325 e. The summed E-state index contributed by atoms with van der Waals surface area (Å²) in [5, 5.41) is 1.96. The number of benzene rings is 2. The summed E-state index contributed by atoms with van der Waals surface area (Å²) in [6.45, 7) is 1.18. The second-order valence-electron chi connectivity index (χ2n) is 5.91. The Morgan fingerprint density at radius 2 is 1.86 bits per heavy atom. The topological polar surface area (TPSA) is 66.5 Å². The van der Waals surface area contributed by atoms with E-state index in [-0.39, 0.29) is 0 Å². The minimum atomic E-state index is -4.81. The summed E-state index contributed by atoms with van der Waals surface area (Å²) in [7, 11) is -3.23. The van der Waals surface area contributed by atoms with Crippen LogP contribution in [-0.4, -0.2) is 32.2 Å². The molecule has 0 aromatic heterocycles. The first-order chi connectivity index (χ1) is 12.8. The van der Waals surface area contributed by atoms with Crippen LogP contribution >= 0.6 is 27.5 Å². The lowest BCUT2D eigenvalue weighted by Gasteiger charge is -2.18. The summed E-state index contributed by atoms with van der Waals surface area (Å²) in [5.74, 6) is -0.637. The third-order valence-electron chi connectivity index (χ3n) is 3.78. The summed E-state index contributed by atoms with van der Waals surface area (Å²) in [4.78, 5) is 11.6. The number of anilines is 1. The zero-order valence-corrected chi connectivity index (χ0v) is 17.8. The van der Waals surface area contributed by atoms with Crippen molar-refractivity contribution in [1.82, 2.24) is 4.31 Å². The molecule has 152 valence electrons. The van der Waals surface area contributed by atoms with Gasteiger partial charge in [-0.1, -0.05) is 27.5 Å². The summed E-state index contributed by atoms with van der Waals surface area (Å²) < 4.78 is 65.5. The van der Waals surface area contributed by atoms with Gasteiger partial charge < -0.3 is 5.32 Å². The molecule has 0 unspecified atom stereocenters. The number of alkyl halides is 3. The second-order valence-corrected chi connectivity index (χ2v) is 9.28. The van der Waals surface area contributed by atoms with Crippen LogP contribution in [0.4, 0.5) is 18.9 Å². The molecule has 2 aromatic carbocycles. The van der Waals surface area contributed by atoms with Gasteiger partial charge in [-0.25, -0.2) is 8.42 Å². The average molecular weight is 500 g/mol. The van der Waals surface area contributed by atoms with Crippen LogP contribution in [-0.2, 0) is 21.0 Å². The van der Waals surface area contributed by atoms with Gasteiger partial charge in [-0.3, -0.25) is 4.79 Å². The van der Waals surface area contributed by atoms with Gasteiger partial charge in [0.2, 0.25) is 15.9 Å². The largest absolute Gasteiger partial charge is 0.417 e. The number of rotatable bonds is 5. The van der Waals surface area contributed by atoms with Crippen molar-refractivity contribution < 1.29 is 26.4 Å². The van der Waals surface area contributed by atoms with Gasteiger partial charge in [0.05, 0.1) is 22.0 Å². The lowest BCUT2D eigenvalue weighted by molar-refractivity contribution is -0.137. The van der Waals surface area contributed by atoms with Gasteiger partial charge in [0, 0.05) is 17.2 Å². The highest BCUT2D eigenvalue weighted by Crippen LogP contribution is 2.36. The molecule has 0 heterocycles. The summed E-state index contributed by atoms with van der Waals surface area (Å²) in [6.07, 6.45) is -4.81. The van der Waals surface area contributed by atoms with E-state index in [1.165, 1.54) is 0 Å². The fourth-order valence-corrected chi connectivity index (χ4v) is 4.16. The molecule has 0 aliphatic heterocycles. The third kappa shape index (κ3) is 5.25. The molecular weight excluding hydrogens is 485 g/mol. The Labute approximate surface area is 173 Å². The smallest absolute Gasteiger partial charge is 0.325 e. The first-order valence-corrected chi connectivity index (χ1v) is 10.3. The number of hydrogen-bond donors (Lipinski definition) is 1. The average Bonchev–Trinajstić information content (AvgIpc) is 2.56. The Morgan fingerprint density at radius 1 is 1.21 bits per heavy atom. The van der Waals surface area contributed by atoms with Crippen LogP contribution in [0.3, 0.4) is 0 Å². The van der Waals surface area contributed by atoms with Gasteiger partial charge in [0.25, 0.3) is 0 Å². The maximum atomic E-state index is 13.0. The van der Waals surface area contributed by atoms with Crippen LogP contribution in [0, 0.1) is 6.92 Å². The molecule has 11 heteroatoms. The highest BCUT2D eigenvalue weighted by atomic mass is 79.9. The van der Waals surface area contributed by atoms with E-state index in [9.17, 15) is 26.4 Å². The molecule has 0 spiro atoms. The van der Waals surface area contributed by atoms with Crippen LogP contribution in [0.2, 0.25) is 5.02 Å². The quantitative estimate of drug-likeness (QED) is 0.649. The molecule has 5 nitrogen and oxygen atoms in total. The van der Waals surface area contributed by atoms with Crippen molar-refractivity contribution in [3.8, 4) is 0 Å². The molecule has 2 rings (SSSR count). The fraction of sp³-hybridized carbons (Fsp3) is 0.235. The molecule has 0 bridgehead atoms. The highest BCUT2D eigenvalue weighted by Gasteiger charge is 2.35. The van der Waals surface area contributed by atoms with Crippen molar-refractivity contribution in [3.05, 3.63) is 57.0 Å². The molecule has 0 aliphatic rings. The van der Waals surface area contributed by atoms with Crippen molar-refractivity contribution in [2.45, 2.75) is 18.0 Å². The van der Waals surface area contributed by atoms with Crippen molar-refractivity contribution in [2.24, 2.45) is 0 Å². The van der Waals surface area contributed by atoms with Gasteiger partial charge in [-0.2, -0.15) is 17.5 Å². The molecule has 0 radical (unpaired) electrons. The second kappa shape index (κ2) is 8.40. The van der Waals surface area contributed by atoms with Crippen molar-refractivity contribution in [2.75, 3.05) is 18.9 Å². The van der Waals surface area contributed by atoms with Crippen LogP contribution in [0.25, 0.3) is 0 Å². The summed E-state index contributed by atoms with van der Waals surface area (Å²) >= 11 is 8.80. The predicted molar refractivity (Wildman–Crippen MR) is 104 cm³/mol. The van der Waals surface area contributed by atoms with Crippen LogP contribution in [0.1, 0.15) is 11.1 Å². The van der Waals surface area contributed by atoms with E-state index in [4.69, 9.17) is 11.6 Å². The molecular formula is C17H15BrClF3N2O3S. The normalized spacial score (nSPS) is 12.3. The molecule has 1 N–H and O–H groups in total. The molecule has 1 amide bonds. The summed E-state index contributed by atoms with van der Waals surface area (Å²) in [6, 6.07) is 7.38. The zero-order valence-electron chi connectivity index (χ0n) is 14.6. The number of halogens is 5. The number of nitrogens with zero attached hydrogens (tertiary/aromatic N) is 1. The van der Waals surface area contributed by atoms with Crippen molar-refractivity contribution in [3.63, 3.8) is 0 Å². The molecule has 2 aromatic rings. The van der Waals surface area contributed by atoms with Gasteiger partial charge in [0.15, 0.2) is 0 Å². The number of likely N-dealkylation sites (N-methyl/N-ethyl adjacent to an activating group) is 1. The predicted octanol–water partition coefficient (Wildman–Crippen LogP) is 4.69. The van der Waals surface area contributed by atoms with E-state index in [0.717, 1.165) is 29.2 Å². The van der Waals surface area contributed by atoms with E-state index in [2.05, 4.69) is 21.2 Å². The van der Waals surface area contributed by atoms with Gasteiger partial charge in [-0.05, 0) is 48.9 Å². The van der Waals surface area contributed by atoms with E-state index in [1.54, 1.807) is 25.1 Å². The Morgan fingerprint density at radius 3 is 2.43 bits per heavy atom. The standard InChI is InChI=1S/C17H15BrClF3N2O3S/c1-10-7-11(18)3-6-15(10)23-16(25)9-24(2)28(26,27)12-4-5-14(19)13(8-12)17(20,21)22/h3-8H,9H2,1-2H3,(H,23,25). The third-order valence-corrected chi connectivity index (χ3v) is 6.40. The number of aryl methyl sites for hydroxylation is 1. The maximum absolute atomic E-state index is 13.0. The summed E-state index contributed by atoms with van der Waals surface area (Å²) in [5.41, 5.74) is -0.0239. The van der Waals surface area contributed by atoms with Crippen molar-refractivity contribution in [1.29, 1.82) is 0 Å². The zero-order chi connectivity index (χ0) is 21.3. The molecule has 0 atom stereocenters. The monoisotopic (exact) mass is 498 g/mol. The fourth-order valence-electron chi connectivity index (χ4n) is 2.31. The van der Waals surface area contributed by atoms with Crippen LogP contribution in [0.15, 0.2) is 45.8 Å². The number of amides is 1. The first kappa shape index (κ1) is 22.7. The Balaban J connectivity index is 2.21. The number of carbonyl (C=O) groups excluding carboxylic acids is 1. The van der Waals surface area contributed by atoms with E-state index in [0.29, 0.717) is 16.1 Å². The molecule has 0 fully saturated rings. The van der Waals surface area contributed by atoms with E-state index in [1.807, 2.05) is 0 Å². The number of nitrogens with one attached hydrogen (secondary N) is 1. The van der Waals surface area contributed by atoms with E-state index >= 15 is 0 Å². The SMILES string of the molecule is Cc1cc(Br)ccc1NC(=O)CN(C)S(=O)(=O)c1ccc(Cl)c(C(F)(F)F)c1. The minimum absolute atomic E-state index is 0.449. The lowest BCUT2D eigenvalue weighted by atomic mass is 10.2. The number of sulfonamides is 1. The van der Waals surface area contributed by atoms with Crippen LogP contribution in [0.5, 0.6) is 0 Å². The van der Waals surface area contributed by atoms with E-state index < -0.39 is 44.1 Å². The maximum Gasteiger partial charge on any atom is 0.417 e. The Hall–Kier alpha value is -1.62. The molecule has 0 saturated heterocycles. The number of hydrogen-bond acceptors (Lipinski definition) is 3. The Kier molecular flexibility index (Phi) is 6.80. The highest BCUT2D eigenvalue weighted by molar-refractivity contribution is 9.10. The van der Waals surface area contributed by atoms with Gasteiger partial charge in [-0.15, -0.1) is 0 Å². The molecule has 0 aliphatic carbocycles. The molecule has 28 heavy (non-hydrogen) atoms. The first-order valence-electron chi connectivity index (χ1n) is 7.71. The van der Waals surface area contributed by atoms with Crippen molar-refractivity contribution >= 4 is 49.1 Å². The lowest BCUT2D eigenvalue weighted by Crippen LogP contribution is -2.35. The molecule has 0 saturated carbocycles. The van der Waals surface area contributed by atoms with Gasteiger partial charge >= 0.3 is 6.18 Å². The Bertz CT molecular complexity index is 1010.